The minimum absolute atomic E-state index is 0.0106. The third-order valence-electron chi connectivity index (χ3n) is 7.44. The van der Waals surface area contributed by atoms with E-state index in [1.54, 1.807) is 0 Å². The molecule has 2 heterocycles. The molecule has 2 amide bonds. The molecule has 0 radical (unpaired) electrons. The van der Waals surface area contributed by atoms with Gasteiger partial charge in [-0.25, -0.2) is 0 Å². The van der Waals surface area contributed by atoms with Crippen molar-refractivity contribution < 1.29 is 9.59 Å². The summed E-state index contributed by atoms with van der Waals surface area (Å²) in [7, 11) is 0. The molecule has 2 aromatic rings. The number of carbonyl (C=O) groups excluding carboxylic acids is 2. The van der Waals surface area contributed by atoms with Gasteiger partial charge in [-0.15, -0.1) is 0 Å². The second kappa shape index (κ2) is 10.1. The van der Waals surface area contributed by atoms with Crippen molar-refractivity contribution in [2.45, 2.75) is 90.3 Å². The van der Waals surface area contributed by atoms with Crippen LogP contribution in [0.15, 0.2) is 42.5 Å². The summed E-state index contributed by atoms with van der Waals surface area (Å²) in [6.07, 6.45) is 9.07. The number of rotatable bonds is 6. The number of nitrogens with zero attached hydrogens (tertiary/aromatic N) is 2. The Hall–Kier alpha value is -2.56. The monoisotopic (exact) mass is 449 g/mol. The molecule has 1 unspecified atom stereocenters. The quantitative estimate of drug-likeness (QED) is 0.620. The molecule has 1 aromatic heterocycles. The molecular weight excluding hydrogens is 410 g/mol. The third-order valence-corrected chi connectivity index (χ3v) is 7.44. The normalized spacial score (nSPS) is 22.1. The van der Waals surface area contributed by atoms with Crippen LogP contribution in [0.2, 0.25) is 0 Å². The number of fused-ring (bicyclic) bond motifs is 1. The fourth-order valence-electron chi connectivity index (χ4n) is 5.31. The molecular formula is C28H39N3O2. The predicted molar refractivity (Wildman–Crippen MR) is 133 cm³/mol. The molecule has 1 N–H and O–H groups in total. The Morgan fingerprint density at radius 2 is 1.64 bits per heavy atom. The van der Waals surface area contributed by atoms with Crippen molar-refractivity contribution >= 4 is 11.8 Å². The van der Waals surface area contributed by atoms with Crippen molar-refractivity contribution in [1.29, 1.82) is 0 Å². The number of amides is 2. The summed E-state index contributed by atoms with van der Waals surface area (Å²) in [5.41, 5.74) is 1.82. The van der Waals surface area contributed by atoms with Gasteiger partial charge in [0.2, 0.25) is 5.91 Å². The van der Waals surface area contributed by atoms with Crippen molar-refractivity contribution in [1.82, 2.24) is 14.8 Å². The molecule has 0 spiro atoms. The van der Waals surface area contributed by atoms with E-state index in [2.05, 4.69) is 35.9 Å². The molecule has 1 atom stereocenters. The van der Waals surface area contributed by atoms with Crippen molar-refractivity contribution in [2.24, 2.45) is 5.92 Å². The molecule has 0 saturated heterocycles. The summed E-state index contributed by atoms with van der Waals surface area (Å²) >= 11 is 0. The van der Waals surface area contributed by atoms with Crippen molar-refractivity contribution in [2.75, 3.05) is 6.54 Å². The van der Waals surface area contributed by atoms with Crippen LogP contribution in [-0.4, -0.2) is 39.4 Å². The fourth-order valence-corrected chi connectivity index (χ4v) is 5.31. The Balaban J connectivity index is 1.66. The zero-order valence-corrected chi connectivity index (χ0v) is 20.5. The van der Waals surface area contributed by atoms with E-state index in [9.17, 15) is 9.59 Å². The largest absolute Gasteiger partial charge is 0.351 e. The van der Waals surface area contributed by atoms with Crippen molar-refractivity contribution in [3.05, 3.63) is 48.2 Å². The van der Waals surface area contributed by atoms with E-state index < -0.39 is 5.54 Å². The predicted octanol–water partition coefficient (Wildman–Crippen LogP) is 5.64. The van der Waals surface area contributed by atoms with Gasteiger partial charge < -0.3 is 14.8 Å². The van der Waals surface area contributed by atoms with Crippen LogP contribution in [0, 0.1) is 5.92 Å². The average Bonchev–Trinajstić information content (AvgIpc) is 3.19. The van der Waals surface area contributed by atoms with Gasteiger partial charge in [0, 0.05) is 18.3 Å². The first kappa shape index (κ1) is 23.6. The van der Waals surface area contributed by atoms with Crippen LogP contribution in [-0.2, 0) is 11.3 Å². The summed E-state index contributed by atoms with van der Waals surface area (Å²) in [4.78, 5) is 29.4. The number of aromatic nitrogens is 1. The topological polar surface area (TPSA) is 54.3 Å². The fraction of sp³-hybridized carbons (Fsp3) is 0.571. The highest BCUT2D eigenvalue weighted by Crippen LogP contribution is 2.34. The lowest BCUT2D eigenvalue weighted by Gasteiger charge is -2.45. The van der Waals surface area contributed by atoms with Gasteiger partial charge in [0.1, 0.15) is 11.2 Å². The maximum absolute atomic E-state index is 13.8. The first-order valence-electron chi connectivity index (χ1n) is 12.8. The highest BCUT2D eigenvalue weighted by molar-refractivity contribution is 6.00. The van der Waals surface area contributed by atoms with E-state index in [1.807, 2.05) is 42.2 Å². The average molecular weight is 450 g/mol. The molecule has 33 heavy (non-hydrogen) atoms. The van der Waals surface area contributed by atoms with Gasteiger partial charge in [0.15, 0.2) is 0 Å². The highest BCUT2D eigenvalue weighted by Gasteiger charge is 2.48. The summed E-state index contributed by atoms with van der Waals surface area (Å²) in [5.74, 6) is 0.409. The zero-order chi connectivity index (χ0) is 23.4. The van der Waals surface area contributed by atoms with Crippen LogP contribution in [0.3, 0.4) is 0 Å². The molecule has 4 rings (SSSR count). The Bertz CT molecular complexity index is 957. The molecule has 1 saturated carbocycles. The Morgan fingerprint density at radius 3 is 2.30 bits per heavy atom. The van der Waals surface area contributed by atoms with Gasteiger partial charge in [0.05, 0.1) is 6.54 Å². The summed E-state index contributed by atoms with van der Waals surface area (Å²) < 4.78 is 2.06. The van der Waals surface area contributed by atoms with Crippen molar-refractivity contribution in [3.63, 3.8) is 0 Å². The van der Waals surface area contributed by atoms with E-state index in [4.69, 9.17) is 0 Å². The van der Waals surface area contributed by atoms with E-state index in [-0.39, 0.29) is 17.9 Å². The lowest BCUT2D eigenvalue weighted by molar-refractivity contribution is -0.133. The van der Waals surface area contributed by atoms with E-state index in [1.165, 1.54) is 19.3 Å². The molecule has 1 aliphatic carbocycles. The zero-order valence-electron chi connectivity index (χ0n) is 20.5. The summed E-state index contributed by atoms with van der Waals surface area (Å²) in [6.45, 7) is 7.35. The van der Waals surface area contributed by atoms with Gasteiger partial charge in [-0.3, -0.25) is 9.59 Å². The molecule has 1 fully saturated rings. The molecule has 2 aliphatic rings. The lowest BCUT2D eigenvalue weighted by Crippen LogP contribution is -2.65. The minimum Gasteiger partial charge on any atom is -0.351 e. The first-order valence-corrected chi connectivity index (χ1v) is 12.8. The smallest absolute Gasteiger partial charge is 0.271 e. The molecule has 5 heteroatoms. The van der Waals surface area contributed by atoms with Gasteiger partial charge in [0.25, 0.3) is 5.91 Å². The molecule has 1 aromatic carbocycles. The van der Waals surface area contributed by atoms with Gasteiger partial charge in [-0.05, 0) is 49.8 Å². The minimum atomic E-state index is -0.913. The summed E-state index contributed by atoms with van der Waals surface area (Å²) in [5, 5.41) is 3.37. The first-order chi connectivity index (χ1) is 15.9. The Morgan fingerprint density at radius 1 is 1.00 bits per heavy atom. The maximum atomic E-state index is 13.8. The SMILES string of the molecule is CC(C)CCN1C(=O)c2ccc(-c3ccccc3)n2CC1(C)C(=O)NC1CCCCCCC1. The Labute approximate surface area is 198 Å². The van der Waals surface area contributed by atoms with Crippen LogP contribution >= 0.6 is 0 Å². The standard InChI is InChI=1S/C28H39N3O2/c1-21(2)18-19-31-26(32)25-17-16-24(22-12-8-7-9-13-22)30(25)20-28(31,3)27(33)29-23-14-10-5-4-6-11-15-23/h7-9,12-13,16-17,21,23H,4-6,10-11,14-15,18-20H2,1-3H3,(H,29,33). The molecule has 0 bridgehead atoms. The van der Waals surface area contributed by atoms with Crippen LogP contribution < -0.4 is 5.32 Å². The van der Waals surface area contributed by atoms with Gasteiger partial charge in [-0.2, -0.15) is 0 Å². The van der Waals surface area contributed by atoms with E-state index >= 15 is 0 Å². The third kappa shape index (κ3) is 5.02. The molecule has 1 aliphatic heterocycles. The second-order valence-corrected chi connectivity index (χ2v) is 10.5. The number of benzene rings is 1. The van der Waals surface area contributed by atoms with Crippen LogP contribution in [0.5, 0.6) is 0 Å². The Kier molecular flexibility index (Phi) is 7.26. The van der Waals surface area contributed by atoms with E-state index in [0.29, 0.717) is 24.7 Å². The number of hydrogen-bond acceptors (Lipinski definition) is 2. The molecule has 5 nitrogen and oxygen atoms in total. The van der Waals surface area contributed by atoms with E-state index in [0.717, 1.165) is 43.4 Å². The van der Waals surface area contributed by atoms with Crippen LogP contribution in [0.25, 0.3) is 11.3 Å². The second-order valence-electron chi connectivity index (χ2n) is 10.5. The highest BCUT2D eigenvalue weighted by atomic mass is 16.2. The number of carbonyl (C=O) groups is 2. The van der Waals surface area contributed by atoms with Crippen molar-refractivity contribution in [3.8, 4) is 11.3 Å². The van der Waals surface area contributed by atoms with Crippen LogP contribution in [0.4, 0.5) is 0 Å². The number of hydrogen-bond donors (Lipinski definition) is 1. The van der Waals surface area contributed by atoms with Gasteiger partial charge >= 0.3 is 0 Å². The maximum Gasteiger partial charge on any atom is 0.271 e. The lowest BCUT2D eigenvalue weighted by atomic mass is 9.91. The number of nitrogens with one attached hydrogen (secondary N) is 1. The van der Waals surface area contributed by atoms with Crippen LogP contribution in [0.1, 0.15) is 82.6 Å². The molecule has 178 valence electrons. The van der Waals surface area contributed by atoms with Gasteiger partial charge in [-0.1, -0.05) is 76.3 Å². The summed E-state index contributed by atoms with van der Waals surface area (Å²) in [6, 6.07) is 14.3.